The van der Waals surface area contributed by atoms with Gasteiger partial charge in [-0.3, -0.25) is 4.79 Å². The molecule has 2 aliphatic rings. The zero-order valence-electron chi connectivity index (χ0n) is 22.4. The number of aromatic nitrogens is 2. The molecule has 1 N–H and O–H groups in total. The molecule has 0 amide bonds. The number of benzene rings is 1. The average Bonchev–Trinajstić information content (AvgIpc) is 3.33. The molecule has 0 bridgehead atoms. The van der Waals surface area contributed by atoms with Crippen molar-refractivity contribution in [2.75, 3.05) is 6.54 Å². The van der Waals surface area contributed by atoms with Crippen molar-refractivity contribution < 1.29 is 22.2 Å². The molecule has 0 spiro atoms. The van der Waals surface area contributed by atoms with Gasteiger partial charge in [-0.25, -0.2) is 27.2 Å². The quantitative estimate of drug-likeness (QED) is 0.492. The van der Waals surface area contributed by atoms with E-state index in [1.165, 1.54) is 0 Å². The predicted octanol–water partition coefficient (Wildman–Crippen LogP) is 5.49. The lowest BCUT2D eigenvalue weighted by molar-refractivity contribution is -0.127. The number of carbonyl (C=O) groups excluding carboxylic acids is 1. The highest BCUT2D eigenvalue weighted by molar-refractivity contribution is 7.83. The van der Waals surface area contributed by atoms with Crippen molar-refractivity contribution in [2.45, 2.75) is 84.4 Å². The molecular weight excluding hydrogens is 500 g/mol. The van der Waals surface area contributed by atoms with Crippen LogP contribution in [0.5, 0.6) is 0 Å². The van der Waals surface area contributed by atoms with Gasteiger partial charge in [-0.05, 0) is 44.4 Å². The second-order valence-electron chi connectivity index (χ2n) is 8.38. The van der Waals surface area contributed by atoms with Gasteiger partial charge in [-0.15, -0.1) is 5.10 Å². The molecule has 2 heterocycles. The summed E-state index contributed by atoms with van der Waals surface area (Å²) in [5, 5.41) is 5.67. The van der Waals surface area contributed by atoms with Gasteiger partial charge in [0, 0.05) is 37.1 Å². The molecule has 1 saturated carbocycles. The van der Waals surface area contributed by atoms with E-state index in [0.717, 1.165) is 30.5 Å². The standard InChI is InChI=1S/C23H25F2N3O4S.2C2H6/c1-3-6-14(4-2)20-7-5-8-28(33(20)31)13-15-9-19(25)17(10-18(15)24)23(11-16(29)12-23)21-26-27-22(30)32-21;2*1-2/h3-4,6,9-10,20H,5,7-8,11-13H2,1-2H3,(H,27,30);2*1-2H3/b6-3-,14-4+;;. The molecule has 1 aliphatic heterocycles. The molecular formula is C27H37F2N3O4S. The Morgan fingerprint density at radius 2 is 1.86 bits per heavy atom. The van der Waals surface area contributed by atoms with Crippen molar-refractivity contribution in [1.29, 1.82) is 0 Å². The lowest BCUT2D eigenvalue weighted by atomic mass is 9.63. The SMILES string of the molecule is C/C=C\C(=C/C)C1CCCN(Cc2cc(F)c(C3(c4n[nH]c(=O)o4)CC(=O)C3)cc2F)S1=O.CC.CC. The van der Waals surface area contributed by atoms with E-state index in [1.807, 2.05) is 59.8 Å². The summed E-state index contributed by atoms with van der Waals surface area (Å²) in [7, 11) is -1.39. The van der Waals surface area contributed by atoms with Crippen LogP contribution in [0.2, 0.25) is 0 Å². The Kier molecular flexibility index (Phi) is 11.3. The van der Waals surface area contributed by atoms with Crippen LogP contribution in [-0.2, 0) is 27.7 Å². The van der Waals surface area contributed by atoms with Crippen molar-refractivity contribution >= 4 is 16.8 Å². The zero-order chi connectivity index (χ0) is 27.8. The van der Waals surface area contributed by atoms with E-state index >= 15 is 8.78 Å². The molecule has 37 heavy (non-hydrogen) atoms. The first-order valence-corrected chi connectivity index (χ1v) is 14.0. The van der Waals surface area contributed by atoms with Crippen LogP contribution in [0.1, 0.15) is 84.2 Å². The second kappa shape index (κ2) is 13.7. The summed E-state index contributed by atoms with van der Waals surface area (Å²) in [6.07, 6.45) is 7.02. The number of aromatic amines is 1. The highest BCUT2D eigenvalue weighted by atomic mass is 32.2. The molecule has 1 aromatic heterocycles. The van der Waals surface area contributed by atoms with Crippen LogP contribution in [0.3, 0.4) is 0 Å². The Balaban J connectivity index is 0.00000115. The van der Waals surface area contributed by atoms with Crippen molar-refractivity contribution in [2.24, 2.45) is 0 Å². The highest BCUT2D eigenvalue weighted by Gasteiger charge is 2.52. The van der Waals surface area contributed by atoms with Gasteiger partial charge in [-0.2, -0.15) is 0 Å². The number of rotatable bonds is 6. The Morgan fingerprint density at radius 3 is 2.41 bits per heavy atom. The summed E-state index contributed by atoms with van der Waals surface area (Å²) in [6.45, 7) is 12.3. The average molecular weight is 538 g/mol. The Bertz CT molecular complexity index is 1210. The third kappa shape index (κ3) is 6.41. The van der Waals surface area contributed by atoms with Gasteiger partial charge < -0.3 is 4.42 Å². The fourth-order valence-corrected chi connectivity index (χ4v) is 6.36. The third-order valence-electron chi connectivity index (χ3n) is 6.28. The third-order valence-corrected chi connectivity index (χ3v) is 8.09. The summed E-state index contributed by atoms with van der Waals surface area (Å²) >= 11 is 0. The fraction of sp³-hybridized carbons (Fsp3) is 0.519. The van der Waals surface area contributed by atoms with Crippen LogP contribution in [-0.4, -0.2) is 36.3 Å². The van der Waals surface area contributed by atoms with Crippen LogP contribution < -0.4 is 5.76 Å². The maximum atomic E-state index is 15.2. The zero-order valence-corrected chi connectivity index (χ0v) is 23.2. The molecule has 1 aromatic carbocycles. The van der Waals surface area contributed by atoms with Crippen molar-refractivity contribution in [1.82, 2.24) is 14.5 Å². The van der Waals surface area contributed by atoms with E-state index in [-0.39, 0.29) is 47.4 Å². The number of carbonyl (C=O) groups is 1. The minimum atomic E-state index is -1.39. The van der Waals surface area contributed by atoms with Gasteiger partial charge in [0.05, 0.1) is 10.7 Å². The van der Waals surface area contributed by atoms with Crippen LogP contribution in [0.4, 0.5) is 8.78 Å². The topological polar surface area (TPSA) is 96.3 Å². The van der Waals surface area contributed by atoms with Gasteiger partial charge in [0.25, 0.3) is 0 Å². The van der Waals surface area contributed by atoms with Gasteiger partial charge in [0.1, 0.15) is 28.4 Å². The maximum Gasteiger partial charge on any atom is 0.434 e. The first-order chi connectivity index (χ1) is 17.8. The molecule has 10 heteroatoms. The predicted molar refractivity (Wildman–Crippen MR) is 141 cm³/mol. The van der Waals surface area contributed by atoms with Gasteiger partial charge in [0.2, 0.25) is 5.89 Å². The molecule has 2 atom stereocenters. The van der Waals surface area contributed by atoms with Crippen LogP contribution in [0.25, 0.3) is 0 Å². The van der Waals surface area contributed by atoms with E-state index in [4.69, 9.17) is 4.42 Å². The molecule has 2 aromatic rings. The van der Waals surface area contributed by atoms with Gasteiger partial charge in [-0.1, -0.05) is 45.9 Å². The molecule has 0 radical (unpaired) electrons. The fourth-order valence-electron chi connectivity index (χ4n) is 4.61. The summed E-state index contributed by atoms with van der Waals surface area (Å²) in [4.78, 5) is 23.2. The molecule has 2 unspecified atom stereocenters. The van der Waals surface area contributed by atoms with Crippen LogP contribution in [0.15, 0.2) is 45.1 Å². The van der Waals surface area contributed by atoms with E-state index < -0.39 is 33.8 Å². The van der Waals surface area contributed by atoms with E-state index in [2.05, 4.69) is 10.2 Å². The lowest BCUT2D eigenvalue weighted by Gasteiger charge is -2.38. The molecule has 1 aliphatic carbocycles. The smallest absolute Gasteiger partial charge is 0.391 e. The lowest BCUT2D eigenvalue weighted by Crippen LogP contribution is -2.44. The highest BCUT2D eigenvalue weighted by Crippen LogP contribution is 2.47. The Hall–Kier alpha value is -2.72. The van der Waals surface area contributed by atoms with Crippen molar-refractivity contribution in [3.8, 4) is 0 Å². The van der Waals surface area contributed by atoms with E-state index in [1.54, 1.807) is 4.31 Å². The van der Waals surface area contributed by atoms with Gasteiger partial charge >= 0.3 is 5.76 Å². The first kappa shape index (κ1) is 30.5. The molecule has 4 rings (SSSR count). The van der Waals surface area contributed by atoms with Crippen molar-refractivity contribution in [3.05, 3.63) is 75.1 Å². The number of Topliss-reactive ketones (excluding diaryl/α,β-unsaturated/α-hetero) is 1. The number of halogens is 2. The van der Waals surface area contributed by atoms with Gasteiger partial charge in [0.15, 0.2) is 0 Å². The Morgan fingerprint density at radius 1 is 1.19 bits per heavy atom. The number of hydrogen-bond acceptors (Lipinski definition) is 5. The van der Waals surface area contributed by atoms with E-state index in [9.17, 15) is 13.8 Å². The summed E-state index contributed by atoms with van der Waals surface area (Å²) < 4.78 is 50.2. The summed E-state index contributed by atoms with van der Waals surface area (Å²) in [5.74, 6) is -2.54. The first-order valence-electron chi connectivity index (χ1n) is 12.8. The molecule has 204 valence electrons. The summed E-state index contributed by atoms with van der Waals surface area (Å²) in [6, 6.07) is 2.11. The normalized spacial score (nSPS) is 21.5. The molecule has 2 fully saturated rings. The largest absolute Gasteiger partial charge is 0.434 e. The maximum absolute atomic E-state index is 15.2. The number of ketones is 1. The number of allylic oxidation sites excluding steroid dienone is 3. The van der Waals surface area contributed by atoms with Crippen LogP contribution >= 0.6 is 0 Å². The number of nitrogens with zero attached hydrogens (tertiary/aromatic N) is 2. The second-order valence-corrected chi connectivity index (χ2v) is 10.0. The minimum Gasteiger partial charge on any atom is -0.391 e. The van der Waals surface area contributed by atoms with Crippen molar-refractivity contribution in [3.63, 3.8) is 0 Å². The number of nitrogens with one attached hydrogen (secondary N) is 1. The molecule has 1 saturated heterocycles. The minimum absolute atomic E-state index is 0.0115. The number of hydrogen-bond donors (Lipinski definition) is 1. The monoisotopic (exact) mass is 537 g/mol. The Labute approximate surface area is 219 Å². The van der Waals surface area contributed by atoms with Crippen LogP contribution in [0, 0.1) is 11.6 Å². The molecule has 7 nitrogen and oxygen atoms in total. The number of H-pyrrole nitrogens is 1. The van der Waals surface area contributed by atoms with E-state index in [0.29, 0.717) is 6.54 Å². The summed E-state index contributed by atoms with van der Waals surface area (Å²) in [5.41, 5.74) is -0.366.